The SMILES string of the molecule is Cc1ccc(NC2=C(C(NC(=O)c3ccc(Cl)cc3)(C(F)(F)F)C(F)(F)F)C(=O)CC(C)(C)C2)cc1C. The van der Waals surface area contributed by atoms with Gasteiger partial charge in [-0.1, -0.05) is 31.5 Å². The summed E-state index contributed by atoms with van der Waals surface area (Å²) < 4.78 is 87.7. The number of aryl methyl sites for hydroxylation is 2. The molecule has 1 aliphatic rings. The van der Waals surface area contributed by atoms with Gasteiger partial charge in [0.2, 0.25) is 0 Å². The fourth-order valence-corrected chi connectivity index (χ4v) is 4.47. The molecule has 0 atom stereocenters. The highest BCUT2D eigenvalue weighted by Gasteiger charge is 2.75. The second kappa shape index (κ2) is 9.70. The summed E-state index contributed by atoms with van der Waals surface area (Å²) in [5.41, 5.74) is -6.73. The molecule has 0 heterocycles. The van der Waals surface area contributed by atoms with Crippen LogP contribution in [0.1, 0.15) is 48.2 Å². The number of hydrogen-bond donors (Lipinski definition) is 2. The molecule has 2 aromatic carbocycles. The number of nitrogens with one attached hydrogen (secondary N) is 2. The Morgan fingerprint density at radius 1 is 0.892 bits per heavy atom. The van der Waals surface area contributed by atoms with Gasteiger partial charge in [-0.3, -0.25) is 9.59 Å². The molecule has 0 fully saturated rings. The number of amides is 1. The van der Waals surface area contributed by atoms with E-state index < -0.39 is 58.3 Å². The normalized spacial score (nSPS) is 16.6. The molecular weight excluding hydrogens is 522 g/mol. The lowest BCUT2D eigenvalue weighted by atomic mass is 9.70. The minimum atomic E-state index is -6.12. The van der Waals surface area contributed by atoms with Crippen LogP contribution in [0.15, 0.2) is 53.7 Å². The van der Waals surface area contributed by atoms with Crippen LogP contribution in [0.5, 0.6) is 0 Å². The van der Waals surface area contributed by atoms with E-state index in [2.05, 4.69) is 5.32 Å². The topological polar surface area (TPSA) is 58.2 Å². The zero-order valence-corrected chi connectivity index (χ0v) is 21.2. The number of allylic oxidation sites excluding steroid dienone is 1. The van der Waals surface area contributed by atoms with Gasteiger partial charge in [0.05, 0.1) is 5.57 Å². The van der Waals surface area contributed by atoms with E-state index in [1.807, 2.05) is 0 Å². The second-order valence-corrected chi connectivity index (χ2v) is 10.4. The highest BCUT2D eigenvalue weighted by Crippen LogP contribution is 2.52. The summed E-state index contributed by atoms with van der Waals surface area (Å²) in [4.78, 5) is 25.9. The molecule has 200 valence electrons. The summed E-state index contributed by atoms with van der Waals surface area (Å²) in [6, 6.07) is 8.98. The molecule has 0 saturated heterocycles. The Bertz CT molecular complexity index is 1230. The summed E-state index contributed by atoms with van der Waals surface area (Å²) in [5.74, 6) is -3.03. The average Bonchev–Trinajstić information content (AvgIpc) is 2.73. The number of anilines is 1. The molecule has 11 heteroatoms. The van der Waals surface area contributed by atoms with Gasteiger partial charge in [-0.05, 0) is 73.2 Å². The van der Waals surface area contributed by atoms with E-state index in [1.54, 1.807) is 39.8 Å². The van der Waals surface area contributed by atoms with Gasteiger partial charge >= 0.3 is 12.4 Å². The quantitative estimate of drug-likeness (QED) is 0.387. The van der Waals surface area contributed by atoms with Crippen molar-refractivity contribution < 1.29 is 35.9 Å². The van der Waals surface area contributed by atoms with E-state index in [0.29, 0.717) is 0 Å². The number of carbonyl (C=O) groups is 2. The van der Waals surface area contributed by atoms with Crippen LogP contribution in [-0.2, 0) is 4.79 Å². The number of hydrogen-bond acceptors (Lipinski definition) is 3. The van der Waals surface area contributed by atoms with Crippen molar-refractivity contribution in [2.24, 2.45) is 5.41 Å². The first-order valence-electron chi connectivity index (χ1n) is 11.2. The molecule has 0 aromatic heterocycles. The molecule has 37 heavy (non-hydrogen) atoms. The van der Waals surface area contributed by atoms with E-state index in [-0.39, 0.29) is 17.1 Å². The number of benzene rings is 2. The Morgan fingerprint density at radius 2 is 1.46 bits per heavy atom. The smallest absolute Gasteiger partial charge is 0.358 e. The monoisotopic (exact) mass is 546 g/mol. The maximum absolute atomic E-state index is 14.6. The van der Waals surface area contributed by atoms with Gasteiger partial charge in [0.25, 0.3) is 11.4 Å². The van der Waals surface area contributed by atoms with Crippen molar-refractivity contribution in [3.8, 4) is 0 Å². The molecule has 0 saturated carbocycles. The highest BCUT2D eigenvalue weighted by atomic mass is 35.5. The van der Waals surface area contributed by atoms with Crippen molar-refractivity contribution >= 4 is 29.0 Å². The van der Waals surface area contributed by atoms with Crippen LogP contribution in [0.2, 0.25) is 5.02 Å². The molecule has 0 unspecified atom stereocenters. The van der Waals surface area contributed by atoms with Crippen molar-refractivity contribution in [1.82, 2.24) is 5.32 Å². The minimum Gasteiger partial charge on any atom is -0.358 e. The van der Waals surface area contributed by atoms with Crippen LogP contribution in [0.4, 0.5) is 32.0 Å². The van der Waals surface area contributed by atoms with Crippen LogP contribution in [-0.4, -0.2) is 29.6 Å². The van der Waals surface area contributed by atoms with Crippen molar-refractivity contribution in [3.05, 3.63) is 75.4 Å². The Morgan fingerprint density at radius 3 is 1.97 bits per heavy atom. The van der Waals surface area contributed by atoms with Crippen molar-refractivity contribution in [1.29, 1.82) is 0 Å². The number of rotatable bonds is 5. The third-order valence-corrected chi connectivity index (χ3v) is 6.56. The molecule has 1 amide bonds. The third kappa shape index (κ3) is 5.63. The molecule has 2 aromatic rings. The Kier molecular flexibility index (Phi) is 7.49. The van der Waals surface area contributed by atoms with Gasteiger partial charge in [0.1, 0.15) is 0 Å². The first-order chi connectivity index (χ1) is 16.9. The third-order valence-electron chi connectivity index (χ3n) is 6.31. The van der Waals surface area contributed by atoms with Gasteiger partial charge in [-0.25, -0.2) is 0 Å². The maximum Gasteiger partial charge on any atom is 0.425 e. The lowest BCUT2D eigenvalue weighted by molar-refractivity contribution is -0.290. The summed E-state index contributed by atoms with van der Waals surface area (Å²) >= 11 is 5.73. The van der Waals surface area contributed by atoms with Crippen LogP contribution < -0.4 is 10.6 Å². The van der Waals surface area contributed by atoms with Crippen LogP contribution in [0.25, 0.3) is 0 Å². The Labute approximate surface area is 215 Å². The van der Waals surface area contributed by atoms with Gasteiger partial charge < -0.3 is 10.6 Å². The van der Waals surface area contributed by atoms with Crippen LogP contribution in [0.3, 0.4) is 0 Å². The summed E-state index contributed by atoms with van der Waals surface area (Å²) in [5, 5.41) is 3.93. The molecular formula is C26H25ClF6N2O2. The molecule has 3 rings (SSSR count). The number of carbonyl (C=O) groups excluding carboxylic acids is 2. The summed E-state index contributed by atoms with van der Waals surface area (Å²) in [6.45, 7) is 6.66. The van der Waals surface area contributed by atoms with Crippen LogP contribution in [0, 0.1) is 19.3 Å². The molecule has 0 radical (unpaired) electrons. The number of halogens is 7. The molecule has 0 bridgehead atoms. The minimum absolute atomic E-state index is 0.127. The Hall–Kier alpha value is -3.01. The van der Waals surface area contributed by atoms with Gasteiger partial charge in [-0.15, -0.1) is 0 Å². The van der Waals surface area contributed by atoms with Gasteiger partial charge in [0.15, 0.2) is 5.78 Å². The molecule has 0 aliphatic heterocycles. The zero-order chi connectivity index (χ0) is 28.0. The summed E-state index contributed by atoms with van der Waals surface area (Å²) in [6.07, 6.45) is -13.1. The molecule has 0 spiro atoms. The van der Waals surface area contributed by atoms with E-state index in [0.717, 1.165) is 40.7 Å². The van der Waals surface area contributed by atoms with E-state index >= 15 is 0 Å². The predicted molar refractivity (Wildman–Crippen MR) is 128 cm³/mol. The molecule has 2 N–H and O–H groups in total. The first kappa shape index (κ1) is 28.6. The predicted octanol–water partition coefficient (Wildman–Crippen LogP) is 7.31. The van der Waals surface area contributed by atoms with E-state index in [9.17, 15) is 35.9 Å². The summed E-state index contributed by atoms with van der Waals surface area (Å²) in [7, 11) is 0. The first-order valence-corrected chi connectivity index (χ1v) is 11.6. The van der Waals surface area contributed by atoms with Gasteiger partial charge in [0, 0.05) is 28.4 Å². The van der Waals surface area contributed by atoms with E-state index in [4.69, 9.17) is 11.6 Å². The van der Waals surface area contributed by atoms with Gasteiger partial charge in [-0.2, -0.15) is 26.3 Å². The van der Waals surface area contributed by atoms with Crippen molar-refractivity contribution in [2.75, 3.05) is 5.32 Å². The number of ketones is 1. The standard InChI is InChI=1S/C26H25ClF6N2O2/c1-14-5-10-18(11-15(14)2)34-19-12-23(3,4)13-20(36)21(19)24(25(28,29)30,26(31,32)33)35-22(37)16-6-8-17(27)9-7-16/h5-11,34H,12-13H2,1-4H3,(H,35,37). The fraction of sp³-hybridized carbons (Fsp3) is 0.385. The maximum atomic E-state index is 14.6. The van der Waals surface area contributed by atoms with Crippen molar-refractivity contribution in [2.45, 2.75) is 58.4 Å². The molecule has 1 aliphatic carbocycles. The lowest BCUT2D eigenvalue weighted by Crippen LogP contribution is -2.70. The molecule has 4 nitrogen and oxygen atoms in total. The largest absolute Gasteiger partial charge is 0.425 e. The van der Waals surface area contributed by atoms with Crippen LogP contribution >= 0.6 is 11.6 Å². The van der Waals surface area contributed by atoms with Crippen molar-refractivity contribution in [3.63, 3.8) is 0 Å². The average molecular weight is 547 g/mol. The highest BCUT2D eigenvalue weighted by molar-refractivity contribution is 6.30. The number of Topliss-reactive ketones (excluding diaryl/α,β-unsaturated/α-hetero) is 1. The zero-order valence-electron chi connectivity index (χ0n) is 20.4. The number of alkyl halides is 6. The second-order valence-electron chi connectivity index (χ2n) is 9.93. The van der Waals surface area contributed by atoms with E-state index in [1.165, 1.54) is 6.07 Å². The Balaban J connectivity index is 2.30. The lowest BCUT2D eigenvalue weighted by Gasteiger charge is -2.43. The fourth-order valence-electron chi connectivity index (χ4n) is 4.35.